The zero-order valence-electron chi connectivity index (χ0n) is 5.48. The Morgan fingerprint density at radius 1 is 1.00 bits per heavy atom. The van der Waals surface area contributed by atoms with Crippen LogP contribution in [0.5, 0.6) is 0 Å². The van der Waals surface area contributed by atoms with Gasteiger partial charge in [0.25, 0.3) is 0 Å². The maximum atomic E-state index is 3.25. The van der Waals surface area contributed by atoms with Gasteiger partial charge in [-0.05, 0) is 0 Å². The van der Waals surface area contributed by atoms with Crippen molar-refractivity contribution in [1.82, 2.24) is 0 Å². The van der Waals surface area contributed by atoms with Gasteiger partial charge in [-0.3, -0.25) is 0 Å². The van der Waals surface area contributed by atoms with Crippen LogP contribution in [0.15, 0.2) is 0 Å². The van der Waals surface area contributed by atoms with Crippen LogP contribution in [-0.2, 0) is 0 Å². The van der Waals surface area contributed by atoms with Crippen LogP contribution in [0.2, 0.25) is 19.6 Å². The van der Waals surface area contributed by atoms with Gasteiger partial charge in [0.15, 0.2) is 0 Å². The van der Waals surface area contributed by atoms with Crippen LogP contribution in [0.4, 0.5) is 0 Å². The van der Waals surface area contributed by atoms with E-state index in [9.17, 15) is 0 Å². The molecule has 0 nitrogen and oxygen atoms in total. The van der Waals surface area contributed by atoms with E-state index in [1.165, 1.54) is 0 Å². The Hall–Kier alpha value is 1.45. The van der Waals surface area contributed by atoms with E-state index in [1.54, 1.807) is 6.92 Å². The third kappa shape index (κ3) is 105. The third-order valence-corrected chi connectivity index (χ3v) is 0. The molecule has 0 N–H and O–H groups in total. The summed E-state index contributed by atoms with van der Waals surface area (Å²) in [6.45, 7) is 11.8. The first kappa shape index (κ1) is 15.8. The summed E-state index contributed by atoms with van der Waals surface area (Å²) >= 11 is 0. The van der Waals surface area contributed by atoms with Crippen LogP contribution < -0.4 is 0 Å². The first-order valence-electron chi connectivity index (χ1n) is 2.21. The Balaban J connectivity index is -0.0000000480. The monoisotopic (exact) mass is 271 g/mol. The van der Waals surface area contributed by atoms with Gasteiger partial charge in [0.05, 0.1) is 0 Å². The van der Waals surface area contributed by atoms with Gasteiger partial charge in [-0.2, -0.15) is 6.92 Å². The van der Waals surface area contributed by atoms with Gasteiger partial charge in [0, 0.05) is 45.7 Å². The van der Waals surface area contributed by atoms with Crippen molar-refractivity contribution in [1.29, 1.82) is 0 Å². The van der Waals surface area contributed by atoms with Crippen LogP contribution in [0.25, 0.3) is 0 Å². The predicted octanol–water partition coefficient (Wildman–Crippen LogP) is 2.21. The van der Waals surface area contributed by atoms with E-state index in [0.717, 1.165) is 0 Å². The van der Waals surface area contributed by atoms with E-state index >= 15 is 0 Å². The molecule has 0 aliphatic carbocycles. The molecule has 0 atom stereocenters. The summed E-state index contributed by atoms with van der Waals surface area (Å²) in [4.78, 5) is 0. The van der Waals surface area contributed by atoms with E-state index in [4.69, 9.17) is 0 Å². The fourth-order valence-corrected chi connectivity index (χ4v) is 0. The fourth-order valence-electron chi connectivity index (χ4n) is 0. The Morgan fingerprint density at radius 3 is 1.00 bits per heavy atom. The second-order valence-electron chi connectivity index (χ2n) is 1.50. The molecule has 0 rings (SSSR count). The molecule has 52 valence electrons. The van der Waals surface area contributed by atoms with Crippen molar-refractivity contribution >= 4 is 8.80 Å². The van der Waals surface area contributed by atoms with Crippen LogP contribution >= 0.6 is 0 Å². The topological polar surface area (TPSA) is 0 Å². The Kier molecular flexibility index (Phi) is 35.3. The molecule has 2 radical (unpaired) electrons. The van der Waals surface area contributed by atoms with Crippen molar-refractivity contribution in [2.24, 2.45) is 0 Å². The maximum absolute atomic E-state index is 3.25. The minimum Gasteiger partial charge on any atom is -0.346 e. The van der Waals surface area contributed by atoms with E-state index in [0.29, 0.717) is 0 Å². The smallest absolute Gasteiger partial charge is 0.0379 e. The molecule has 0 fully saturated rings. The van der Waals surface area contributed by atoms with Crippen molar-refractivity contribution in [3.05, 3.63) is 6.92 Å². The summed E-state index contributed by atoms with van der Waals surface area (Å²) in [7, 11) is 0.120. The van der Waals surface area contributed by atoms with Gasteiger partial charge in [-0.25, -0.2) is 0 Å². The average molecular weight is 271 g/mol. The van der Waals surface area contributed by atoms with Crippen LogP contribution in [-0.4, -0.2) is 8.80 Å². The third-order valence-electron chi connectivity index (χ3n) is 0. The summed E-state index contributed by atoms with van der Waals surface area (Å²) in [6, 6.07) is 0. The first-order valence-corrected chi connectivity index (χ1v) is 5.21. The maximum Gasteiger partial charge on any atom is 0.0379 e. The van der Waals surface area contributed by atoms with E-state index < -0.39 is 0 Å². The van der Waals surface area contributed by atoms with Crippen molar-refractivity contribution in [3.8, 4) is 0 Å². The van der Waals surface area contributed by atoms with Crippen molar-refractivity contribution < 1.29 is 36.9 Å². The molecule has 0 spiro atoms. The van der Waals surface area contributed by atoms with Crippen molar-refractivity contribution in [2.75, 3.05) is 0 Å². The van der Waals surface area contributed by atoms with Crippen LogP contribution in [0.1, 0.15) is 6.92 Å². The van der Waals surface area contributed by atoms with Gasteiger partial charge >= 0.3 is 0 Å². The quantitative estimate of drug-likeness (QED) is 0.468. The molecular formula is C5H14SiTm-. The largest absolute Gasteiger partial charge is 0.346 e. The standard InChI is InChI=1S/C3H9Si.C2H5.Tm/c1-4(2)3;1-2;/h1-3H3;1H2,2H3;/q;-1;. The minimum atomic E-state index is 0. The second-order valence-corrected chi connectivity index (χ2v) is 4.50. The molecular weight excluding hydrogens is 257 g/mol. The Bertz CT molecular complexity index is 12.8. The molecule has 0 aliphatic rings. The second kappa shape index (κ2) is 15.7. The molecule has 7 heavy (non-hydrogen) atoms. The van der Waals surface area contributed by atoms with Gasteiger partial charge in [-0.1, -0.05) is 19.6 Å². The zero-order chi connectivity index (χ0) is 5.58. The number of rotatable bonds is 0. The molecule has 0 aromatic rings. The molecule has 0 aromatic carbocycles. The van der Waals surface area contributed by atoms with E-state index in [-0.39, 0.29) is 45.7 Å². The molecule has 0 saturated carbocycles. The van der Waals surface area contributed by atoms with Gasteiger partial charge in [-0.15, -0.1) is 0 Å². The van der Waals surface area contributed by atoms with Crippen LogP contribution in [0, 0.1) is 43.8 Å². The normalized spacial score (nSPS) is 6.00. The minimum absolute atomic E-state index is 0. The SMILES string of the molecule is C[Si](C)C.[CH2-]C.[Tm]. The summed E-state index contributed by atoms with van der Waals surface area (Å²) in [5, 5.41) is 0. The van der Waals surface area contributed by atoms with Gasteiger partial charge < -0.3 is 6.92 Å². The van der Waals surface area contributed by atoms with Crippen LogP contribution in [0.3, 0.4) is 0 Å². The molecule has 0 aromatic heterocycles. The summed E-state index contributed by atoms with van der Waals surface area (Å²) in [6.07, 6.45) is 0. The molecule has 0 heterocycles. The van der Waals surface area contributed by atoms with E-state index in [2.05, 4.69) is 26.6 Å². The molecule has 0 saturated heterocycles. The number of hydrogen-bond donors (Lipinski definition) is 0. The number of hydrogen-bond acceptors (Lipinski definition) is 0. The average Bonchev–Trinajstić information content (AvgIpc) is 1.41. The fraction of sp³-hybridized carbons (Fsp3) is 0.800. The zero-order valence-corrected chi connectivity index (χ0v) is 8.26. The van der Waals surface area contributed by atoms with Crippen molar-refractivity contribution in [3.63, 3.8) is 0 Å². The molecule has 0 bridgehead atoms. The Morgan fingerprint density at radius 2 is 1.00 bits per heavy atom. The molecule has 0 amide bonds. The first-order chi connectivity index (χ1) is 2.73. The van der Waals surface area contributed by atoms with Gasteiger partial charge in [0.1, 0.15) is 0 Å². The molecule has 0 unspecified atom stereocenters. The summed E-state index contributed by atoms with van der Waals surface area (Å²) in [5.74, 6) is 0. The molecule has 0 aliphatic heterocycles. The predicted molar refractivity (Wildman–Crippen MR) is 34.4 cm³/mol. The Labute approximate surface area is 78.5 Å². The summed E-state index contributed by atoms with van der Waals surface area (Å²) < 4.78 is 0. The van der Waals surface area contributed by atoms with Gasteiger partial charge in [0.2, 0.25) is 0 Å². The van der Waals surface area contributed by atoms with E-state index in [1.807, 2.05) is 0 Å². The van der Waals surface area contributed by atoms with Crippen molar-refractivity contribution in [2.45, 2.75) is 26.6 Å². The molecule has 2 heteroatoms. The summed E-state index contributed by atoms with van der Waals surface area (Å²) in [5.41, 5.74) is 0.